The summed E-state index contributed by atoms with van der Waals surface area (Å²) in [5.74, 6) is -0.0444. The molecule has 0 bridgehead atoms. The van der Waals surface area contributed by atoms with Crippen LogP contribution in [0.15, 0.2) is 42.9 Å². The summed E-state index contributed by atoms with van der Waals surface area (Å²) in [6.45, 7) is 1.12. The maximum absolute atomic E-state index is 12.0. The van der Waals surface area contributed by atoms with Crippen molar-refractivity contribution in [2.45, 2.75) is 25.5 Å². The molecule has 1 atom stereocenters. The molecule has 0 saturated carbocycles. The second-order valence-corrected chi connectivity index (χ2v) is 4.97. The number of carbonyl (C=O) groups is 1. The Morgan fingerprint density at radius 3 is 2.90 bits per heavy atom. The van der Waals surface area contributed by atoms with Crippen LogP contribution < -0.4 is 5.32 Å². The second-order valence-electron chi connectivity index (χ2n) is 4.97. The molecule has 0 aromatic carbocycles. The molecule has 0 unspecified atom stereocenters. The average molecular weight is 283 g/mol. The minimum atomic E-state index is -0.300. The van der Waals surface area contributed by atoms with Crippen molar-refractivity contribution in [3.63, 3.8) is 0 Å². The van der Waals surface area contributed by atoms with Gasteiger partial charge in [-0.3, -0.25) is 14.8 Å². The lowest BCUT2D eigenvalue weighted by Gasteiger charge is -2.12. The van der Waals surface area contributed by atoms with Crippen LogP contribution in [0.5, 0.6) is 0 Å². The molecule has 1 aliphatic rings. The fourth-order valence-corrected chi connectivity index (χ4v) is 2.43. The molecule has 1 N–H and O–H groups in total. The van der Waals surface area contributed by atoms with E-state index in [1.54, 1.807) is 18.6 Å². The van der Waals surface area contributed by atoms with Gasteiger partial charge >= 0.3 is 0 Å². The van der Waals surface area contributed by atoms with E-state index in [-0.39, 0.29) is 12.0 Å². The van der Waals surface area contributed by atoms with E-state index in [2.05, 4.69) is 15.3 Å². The van der Waals surface area contributed by atoms with Crippen LogP contribution in [-0.2, 0) is 16.1 Å². The topological polar surface area (TPSA) is 64.1 Å². The summed E-state index contributed by atoms with van der Waals surface area (Å²) in [7, 11) is 0. The predicted octanol–water partition coefficient (Wildman–Crippen LogP) is 1.94. The van der Waals surface area contributed by atoms with Crippen molar-refractivity contribution in [1.29, 1.82) is 0 Å². The summed E-state index contributed by atoms with van der Waals surface area (Å²) >= 11 is 0. The molecule has 108 valence electrons. The van der Waals surface area contributed by atoms with Gasteiger partial charge in [0.15, 0.2) is 0 Å². The van der Waals surface area contributed by atoms with Crippen LogP contribution in [-0.4, -0.2) is 28.6 Å². The van der Waals surface area contributed by atoms with Crippen LogP contribution >= 0.6 is 0 Å². The first kappa shape index (κ1) is 13.7. The van der Waals surface area contributed by atoms with Crippen molar-refractivity contribution in [2.24, 2.45) is 0 Å². The second kappa shape index (κ2) is 6.45. The number of amides is 1. The van der Waals surface area contributed by atoms with Gasteiger partial charge in [-0.25, -0.2) is 0 Å². The third kappa shape index (κ3) is 3.25. The minimum absolute atomic E-state index is 0.0444. The Kier molecular flexibility index (Phi) is 4.21. The number of rotatable bonds is 4. The molecule has 1 fully saturated rings. The van der Waals surface area contributed by atoms with E-state index in [1.165, 1.54) is 0 Å². The highest BCUT2D eigenvalue weighted by Gasteiger charge is 2.23. The van der Waals surface area contributed by atoms with E-state index in [0.717, 1.165) is 29.7 Å². The van der Waals surface area contributed by atoms with E-state index < -0.39 is 0 Å². The van der Waals surface area contributed by atoms with Gasteiger partial charge in [-0.1, -0.05) is 6.07 Å². The van der Waals surface area contributed by atoms with Crippen LogP contribution in [0.4, 0.5) is 0 Å². The Balaban J connectivity index is 1.72. The Morgan fingerprint density at radius 2 is 2.14 bits per heavy atom. The molecule has 5 nitrogen and oxygen atoms in total. The average Bonchev–Trinajstić information content (AvgIpc) is 3.08. The molecule has 2 aromatic rings. The summed E-state index contributed by atoms with van der Waals surface area (Å²) in [4.78, 5) is 20.4. The van der Waals surface area contributed by atoms with Crippen LogP contribution in [0.3, 0.4) is 0 Å². The lowest BCUT2D eigenvalue weighted by molar-refractivity contribution is -0.130. The molecule has 0 spiro atoms. The fourth-order valence-electron chi connectivity index (χ4n) is 2.43. The van der Waals surface area contributed by atoms with Crippen molar-refractivity contribution in [3.05, 3.63) is 48.4 Å². The lowest BCUT2D eigenvalue weighted by atomic mass is 10.1. The third-order valence-electron chi connectivity index (χ3n) is 3.52. The Labute approximate surface area is 123 Å². The molecule has 0 radical (unpaired) electrons. The molecule has 1 aliphatic heterocycles. The van der Waals surface area contributed by atoms with Gasteiger partial charge in [0.2, 0.25) is 5.91 Å². The molecule has 5 heteroatoms. The molecule has 1 saturated heterocycles. The summed E-state index contributed by atoms with van der Waals surface area (Å²) in [6.07, 6.45) is 6.67. The number of carbonyl (C=O) groups excluding carboxylic acids is 1. The molecular formula is C16H17N3O2. The Bertz CT molecular complexity index is 610. The number of pyridine rings is 2. The molecule has 1 amide bonds. The first-order valence-corrected chi connectivity index (χ1v) is 7.08. The zero-order valence-electron chi connectivity index (χ0n) is 11.7. The minimum Gasteiger partial charge on any atom is -0.368 e. The van der Waals surface area contributed by atoms with Crippen LogP contribution in [0.1, 0.15) is 18.4 Å². The molecular weight excluding hydrogens is 266 g/mol. The van der Waals surface area contributed by atoms with Gasteiger partial charge in [0.25, 0.3) is 0 Å². The quantitative estimate of drug-likeness (QED) is 0.931. The number of hydrogen-bond acceptors (Lipinski definition) is 4. The largest absolute Gasteiger partial charge is 0.368 e. The smallest absolute Gasteiger partial charge is 0.249 e. The standard InChI is InChI=1S/C16H17N3O2/c20-16(14-4-2-10-21-14)19-11-13-3-1-7-18-15(13)12-5-8-17-9-6-12/h1,3,5-9,14H,2,4,10-11H2,(H,19,20)/t14-/m0/s1. The summed E-state index contributed by atoms with van der Waals surface area (Å²) in [5, 5.41) is 2.93. The molecule has 0 aliphatic carbocycles. The monoisotopic (exact) mass is 283 g/mol. The number of ether oxygens (including phenoxy) is 1. The Hall–Kier alpha value is -2.27. The number of hydrogen-bond donors (Lipinski definition) is 1. The van der Waals surface area contributed by atoms with Crippen molar-refractivity contribution in [1.82, 2.24) is 15.3 Å². The van der Waals surface area contributed by atoms with Crippen molar-refractivity contribution >= 4 is 5.91 Å². The van der Waals surface area contributed by atoms with Gasteiger partial charge in [-0.15, -0.1) is 0 Å². The van der Waals surface area contributed by atoms with E-state index in [4.69, 9.17) is 4.74 Å². The van der Waals surface area contributed by atoms with E-state index in [9.17, 15) is 4.79 Å². The number of nitrogens with zero attached hydrogens (tertiary/aromatic N) is 2. The maximum atomic E-state index is 12.0. The lowest BCUT2D eigenvalue weighted by Crippen LogP contribution is -2.33. The normalized spacial score (nSPS) is 17.6. The van der Waals surface area contributed by atoms with Gasteiger partial charge in [0, 0.05) is 37.3 Å². The fraction of sp³-hybridized carbons (Fsp3) is 0.312. The highest BCUT2D eigenvalue weighted by atomic mass is 16.5. The molecule has 2 aromatic heterocycles. The van der Waals surface area contributed by atoms with E-state index in [1.807, 2.05) is 24.3 Å². The van der Waals surface area contributed by atoms with Gasteiger partial charge < -0.3 is 10.1 Å². The van der Waals surface area contributed by atoms with Crippen LogP contribution in [0.2, 0.25) is 0 Å². The number of aromatic nitrogens is 2. The molecule has 21 heavy (non-hydrogen) atoms. The molecule has 3 rings (SSSR count). The Morgan fingerprint density at radius 1 is 1.29 bits per heavy atom. The first-order chi connectivity index (χ1) is 10.3. The summed E-state index contributed by atoms with van der Waals surface area (Å²) in [6, 6.07) is 7.66. The summed E-state index contributed by atoms with van der Waals surface area (Å²) < 4.78 is 5.38. The third-order valence-corrected chi connectivity index (χ3v) is 3.52. The van der Waals surface area contributed by atoms with Crippen molar-refractivity contribution < 1.29 is 9.53 Å². The van der Waals surface area contributed by atoms with Crippen molar-refractivity contribution in [3.8, 4) is 11.3 Å². The predicted molar refractivity (Wildman–Crippen MR) is 78.3 cm³/mol. The maximum Gasteiger partial charge on any atom is 0.249 e. The van der Waals surface area contributed by atoms with Gasteiger partial charge in [-0.05, 0) is 36.6 Å². The van der Waals surface area contributed by atoms with Gasteiger partial charge in [-0.2, -0.15) is 0 Å². The van der Waals surface area contributed by atoms with E-state index >= 15 is 0 Å². The van der Waals surface area contributed by atoms with Crippen molar-refractivity contribution in [2.75, 3.05) is 6.61 Å². The zero-order valence-corrected chi connectivity index (χ0v) is 11.7. The highest BCUT2D eigenvalue weighted by Crippen LogP contribution is 2.20. The zero-order chi connectivity index (χ0) is 14.5. The van der Waals surface area contributed by atoms with Crippen LogP contribution in [0, 0.1) is 0 Å². The SMILES string of the molecule is O=C(NCc1cccnc1-c1ccncc1)[C@@H]1CCCO1. The first-order valence-electron chi connectivity index (χ1n) is 7.08. The molecule has 3 heterocycles. The number of nitrogens with one attached hydrogen (secondary N) is 1. The van der Waals surface area contributed by atoms with Gasteiger partial charge in [0.1, 0.15) is 6.10 Å². The van der Waals surface area contributed by atoms with Crippen LogP contribution in [0.25, 0.3) is 11.3 Å². The summed E-state index contributed by atoms with van der Waals surface area (Å²) in [5.41, 5.74) is 2.84. The highest BCUT2D eigenvalue weighted by molar-refractivity contribution is 5.81. The van der Waals surface area contributed by atoms with Gasteiger partial charge in [0.05, 0.1) is 5.69 Å². The van der Waals surface area contributed by atoms with E-state index in [0.29, 0.717) is 13.2 Å².